The number of thiazole rings is 1. The maximum Gasteiger partial charge on any atom is 0.184 e. The number of nitrogens with one attached hydrogen (secondary N) is 1. The molecular weight excluding hydrogens is 158 g/mol. The van der Waals surface area contributed by atoms with Crippen molar-refractivity contribution >= 4 is 16.5 Å². The Kier molecular flexibility index (Phi) is 2.44. The lowest BCUT2D eigenvalue weighted by molar-refractivity contribution is 0.896. The Morgan fingerprint density at radius 3 is 2.91 bits per heavy atom. The monoisotopic (exact) mass is 167 g/mol. The Hall–Kier alpha value is -1.08. The van der Waals surface area contributed by atoms with E-state index in [1.165, 1.54) is 11.3 Å². The van der Waals surface area contributed by atoms with Crippen LogP contribution in [0, 0.1) is 11.3 Å². The zero-order valence-electron chi connectivity index (χ0n) is 6.46. The fraction of sp³-hybridized carbons (Fsp3) is 0.429. The predicted octanol–water partition coefficient (Wildman–Crippen LogP) is 1.84. The molecule has 1 rings (SSSR count). The molecule has 1 aromatic heterocycles. The maximum absolute atomic E-state index is 8.45. The van der Waals surface area contributed by atoms with Crippen molar-refractivity contribution in [3.8, 4) is 6.07 Å². The molecule has 0 aliphatic heterocycles. The summed E-state index contributed by atoms with van der Waals surface area (Å²) in [6.45, 7) is 4.07. The largest absolute Gasteiger partial charge is 0.359 e. The first-order valence-corrected chi connectivity index (χ1v) is 4.22. The Bertz CT molecular complexity index is 271. The molecule has 0 saturated carbocycles. The van der Waals surface area contributed by atoms with E-state index in [0.717, 1.165) is 5.13 Å². The van der Waals surface area contributed by atoms with Gasteiger partial charge >= 0.3 is 0 Å². The van der Waals surface area contributed by atoms with Crippen LogP contribution in [0.4, 0.5) is 5.13 Å². The molecule has 0 radical (unpaired) electrons. The van der Waals surface area contributed by atoms with Crippen molar-refractivity contribution in [3.63, 3.8) is 0 Å². The summed E-state index contributed by atoms with van der Waals surface area (Å²) < 4.78 is 0. The molecule has 0 aromatic carbocycles. The summed E-state index contributed by atoms with van der Waals surface area (Å²) in [6.07, 6.45) is 0. The fourth-order valence-corrected chi connectivity index (χ4v) is 1.42. The van der Waals surface area contributed by atoms with Crippen molar-refractivity contribution in [2.24, 2.45) is 0 Å². The average molecular weight is 167 g/mol. The molecule has 11 heavy (non-hydrogen) atoms. The molecule has 0 amide bonds. The van der Waals surface area contributed by atoms with Gasteiger partial charge in [-0.15, -0.1) is 11.3 Å². The summed E-state index contributed by atoms with van der Waals surface area (Å²) in [7, 11) is 0. The highest BCUT2D eigenvalue weighted by Crippen LogP contribution is 2.14. The smallest absolute Gasteiger partial charge is 0.184 e. The van der Waals surface area contributed by atoms with Gasteiger partial charge < -0.3 is 5.32 Å². The van der Waals surface area contributed by atoms with Gasteiger partial charge in [-0.2, -0.15) is 5.26 Å². The summed E-state index contributed by atoms with van der Waals surface area (Å²) in [6, 6.07) is 2.35. The van der Waals surface area contributed by atoms with E-state index < -0.39 is 0 Å². The summed E-state index contributed by atoms with van der Waals surface area (Å²) in [5, 5.41) is 14.1. The fourth-order valence-electron chi connectivity index (χ4n) is 0.638. The predicted molar refractivity (Wildman–Crippen MR) is 45.6 cm³/mol. The van der Waals surface area contributed by atoms with Crippen molar-refractivity contribution in [2.75, 3.05) is 5.32 Å². The molecule has 1 N–H and O–H groups in total. The number of anilines is 1. The van der Waals surface area contributed by atoms with E-state index in [1.807, 2.05) is 19.9 Å². The summed E-state index contributed by atoms with van der Waals surface area (Å²) in [5.41, 5.74) is 0.484. The second kappa shape index (κ2) is 3.35. The van der Waals surface area contributed by atoms with E-state index >= 15 is 0 Å². The van der Waals surface area contributed by atoms with Gasteiger partial charge in [-0.1, -0.05) is 0 Å². The highest BCUT2D eigenvalue weighted by Gasteiger charge is 2.00. The van der Waals surface area contributed by atoms with Gasteiger partial charge in [0.1, 0.15) is 6.07 Å². The molecule has 0 fully saturated rings. The molecule has 0 atom stereocenters. The van der Waals surface area contributed by atoms with Gasteiger partial charge in [-0.3, -0.25) is 0 Å². The normalized spacial score (nSPS) is 9.64. The van der Waals surface area contributed by atoms with Gasteiger partial charge in [0, 0.05) is 11.4 Å². The van der Waals surface area contributed by atoms with Crippen LogP contribution >= 0.6 is 11.3 Å². The molecular formula is C7H9N3S. The first kappa shape index (κ1) is 8.02. The minimum Gasteiger partial charge on any atom is -0.359 e. The minimum atomic E-state index is 0.368. The van der Waals surface area contributed by atoms with Crippen molar-refractivity contribution in [2.45, 2.75) is 19.9 Å². The van der Waals surface area contributed by atoms with Crippen LogP contribution in [0.5, 0.6) is 0 Å². The van der Waals surface area contributed by atoms with Crippen LogP contribution < -0.4 is 5.32 Å². The third-order valence-corrected chi connectivity index (χ3v) is 1.80. The first-order chi connectivity index (χ1) is 5.22. The Morgan fingerprint density at radius 2 is 2.45 bits per heavy atom. The van der Waals surface area contributed by atoms with Crippen LogP contribution in [0.1, 0.15) is 19.5 Å². The van der Waals surface area contributed by atoms with Gasteiger partial charge in [-0.25, -0.2) is 4.98 Å². The number of nitriles is 1. The van der Waals surface area contributed by atoms with Crippen LogP contribution in [-0.4, -0.2) is 11.0 Å². The maximum atomic E-state index is 8.45. The number of rotatable bonds is 2. The highest BCUT2D eigenvalue weighted by atomic mass is 32.1. The van der Waals surface area contributed by atoms with E-state index in [2.05, 4.69) is 10.3 Å². The molecule has 0 saturated heterocycles. The summed E-state index contributed by atoms with van der Waals surface area (Å²) >= 11 is 1.46. The highest BCUT2D eigenvalue weighted by molar-refractivity contribution is 7.13. The molecule has 1 heterocycles. The van der Waals surface area contributed by atoms with E-state index in [-0.39, 0.29) is 0 Å². The van der Waals surface area contributed by atoms with Gasteiger partial charge in [0.15, 0.2) is 10.8 Å². The van der Waals surface area contributed by atoms with E-state index in [1.54, 1.807) is 5.38 Å². The molecule has 0 bridgehead atoms. The third-order valence-electron chi connectivity index (χ3n) is 1.03. The van der Waals surface area contributed by atoms with Gasteiger partial charge in [0.2, 0.25) is 0 Å². The summed E-state index contributed by atoms with van der Waals surface area (Å²) in [5.74, 6) is 0. The first-order valence-electron chi connectivity index (χ1n) is 3.34. The number of nitrogens with zero attached hydrogens (tertiary/aromatic N) is 2. The number of hydrogen-bond donors (Lipinski definition) is 1. The quantitative estimate of drug-likeness (QED) is 0.731. The van der Waals surface area contributed by atoms with E-state index in [9.17, 15) is 0 Å². The molecule has 0 spiro atoms. The van der Waals surface area contributed by atoms with Gasteiger partial charge in [0.25, 0.3) is 0 Å². The van der Waals surface area contributed by atoms with Crippen molar-refractivity contribution < 1.29 is 0 Å². The Balaban J connectivity index is 2.67. The molecule has 3 nitrogen and oxygen atoms in total. The van der Waals surface area contributed by atoms with Gasteiger partial charge in [0.05, 0.1) is 0 Å². The van der Waals surface area contributed by atoms with Crippen LogP contribution in [0.25, 0.3) is 0 Å². The van der Waals surface area contributed by atoms with Crippen LogP contribution in [0.15, 0.2) is 5.38 Å². The van der Waals surface area contributed by atoms with Crippen LogP contribution in [0.3, 0.4) is 0 Å². The lowest BCUT2D eigenvalue weighted by atomic mass is 10.4. The molecule has 0 aliphatic carbocycles. The van der Waals surface area contributed by atoms with Crippen molar-refractivity contribution in [1.82, 2.24) is 4.98 Å². The standard InChI is InChI=1S/C7H9N3S/c1-5(2)9-7-10-6(3-8)4-11-7/h4-5H,1-2H3,(H,9,10). The summed E-state index contributed by atoms with van der Waals surface area (Å²) in [4.78, 5) is 4.02. The third kappa shape index (κ3) is 2.20. The van der Waals surface area contributed by atoms with Crippen LogP contribution in [-0.2, 0) is 0 Å². The molecule has 1 aromatic rings. The molecule has 0 unspecified atom stereocenters. The van der Waals surface area contributed by atoms with E-state index in [0.29, 0.717) is 11.7 Å². The van der Waals surface area contributed by atoms with Crippen LogP contribution in [0.2, 0.25) is 0 Å². The number of hydrogen-bond acceptors (Lipinski definition) is 4. The van der Waals surface area contributed by atoms with E-state index in [4.69, 9.17) is 5.26 Å². The average Bonchev–Trinajstić information content (AvgIpc) is 2.34. The Labute approximate surface area is 69.7 Å². The zero-order chi connectivity index (χ0) is 8.27. The van der Waals surface area contributed by atoms with Crippen molar-refractivity contribution in [1.29, 1.82) is 5.26 Å². The topological polar surface area (TPSA) is 48.7 Å². The van der Waals surface area contributed by atoms with Gasteiger partial charge in [-0.05, 0) is 13.8 Å². The molecule has 0 aliphatic rings. The molecule has 4 heteroatoms. The second-order valence-corrected chi connectivity index (χ2v) is 3.31. The lowest BCUT2D eigenvalue weighted by Crippen LogP contribution is -2.08. The SMILES string of the molecule is CC(C)Nc1nc(C#N)cs1. The lowest BCUT2D eigenvalue weighted by Gasteiger charge is -2.03. The molecule has 58 valence electrons. The van der Waals surface area contributed by atoms with Crippen molar-refractivity contribution in [3.05, 3.63) is 11.1 Å². The zero-order valence-corrected chi connectivity index (χ0v) is 7.27. The minimum absolute atomic E-state index is 0.368. The second-order valence-electron chi connectivity index (χ2n) is 2.45. The Morgan fingerprint density at radius 1 is 1.73 bits per heavy atom. The number of aromatic nitrogens is 1.